The van der Waals surface area contributed by atoms with E-state index in [2.05, 4.69) is 10.2 Å². The number of hydrogen-bond donors (Lipinski definition) is 2. The van der Waals surface area contributed by atoms with Crippen LogP contribution >= 0.6 is 11.3 Å². The Labute approximate surface area is 128 Å². The predicted octanol–water partition coefficient (Wildman–Crippen LogP) is 0.238. The molecule has 1 aliphatic heterocycles. The lowest BCUT2D eigenvalue weighted by Gasteiger charge is -2.26. The van der Waals surface area contributed by atoms with Crippen molar-refractivity contribution in [1.82, 2.24) is 10.2 Å². The van der Waals surface area contributed by atoms with E-state index in [4.69, 9.17) is 10.5 Å². The molecule has 0 unspecified atom stereocenters. The maximum absolute atomic E-state index is 11.8. The third kappa shape index (κ3) is 5.11. The molecule has 0 bridgehead atoms. The topological polar surface area (TPSA) is 84.7 Å². The highest BCUT2D eigenvalue weighted by Crippen LogP contribution is 2.18. The van der Waals surface area contributed by atoms with Gasteiger partial charge in [-0.05, 0) is 24.4 Å². The van der Waals surface area contributed by atoms with Gasteiger partial charge in [-0.1, -0.05) is 0 Å². The number of amides is 2. The van der Waals surface area contributed by atoms with E-state index in [1.54, 1.807) is 11.4 Å². The lowest BCUT2D eigenvalue weighted by molar-refractivity contribution is -0.117. The van der Waals surface area contributed by atoms with Crippen LogP contribution in [-0.2, 0) is 9.53 Å². The maximum atomic E-state index is 11.8. The first kappa shape index (κ1) is 15.9. The van der Waals surface area contributed by atoms with E-state index < -0.39 is 5.91 Å². The van der Waals surface area contributed by atoms with Crippen LogP contribution in [0.4, 0.5) is 0 Å². The molecule has 1 radical (unpaired) electrons. The van der Waals surface area contributed by atoms with Gasteiger partial charge in [-0.3, -0.25) is 14.5 Å². The minimum atomic E-state index is -0.511. The van der Waals surface area contributed by atoms with Gasteiger partial charge in [0.15, 0.2) is 0 Å². The lowest BCUT2D eigenvalue weighted by Crippen LogP contribution is -2.38. The number of morpholine rings is 1. The van der Waals surface area contributed by atoms with E-state index in [-0.39, 0.29) is 5.91 Å². The van der Waals surface area contributed by atoms with E-state index in [1.165, 1.54) is 17.8 Å². The third-order valence-corrected chi connectivity index (χ3v) is 4.14. The molecule has 1 aromatic heterocycles. The number of primary amides is 1. The van der Waals surface area contributed by atoms with Crippen LogP contribution in [0, 0.1) is 6.42 Å². The van der Waals surface area contributed by atoms with Crippen molar-refractivity contribution in [1.29, 1.82) is 0 Å². The molecule has 2 rings (SSSR count). The summed E-state index contributed by atoms with van der Waals surface area (Å²) in [5.41, 5.74) is 5.63. The molecule has 2 amide bonds. The summed E-state index contributed by atoms with van der Waals surface area (Å²) in [7, 11) is 0. The number of nitrogens with one attached hydrogen (secondary N) is 1. The third-order valence-electron chi connectivity index (χ3n) is 3.28. The molecular weight excluding hydrogens is 290 g/mol. The molecular formula is C14H20N3O3S. The number of carbonyl (C=O) groups is 2. The first-order chi connectivity index (χ1) is 10.2. The van der Waals surface area contributed by atoms with Gasteiger partial charge >= 0.3 is 0 Å². The number of ether oxygens (including phenoxy) is 1. The highest BCUT2D eigenvalue weighted by molar-refractivity contribution is 7.10. The predicted molar refractivity (Wildman–Crippen MR) is 81.1 cm³/mol. The van der Waals surface area contributed by atoms with Crippen LogP contribution in [0.2, 0.25) is 0 Å². The van der Waals surface area contributed by atoms with E-state index >= 15 is 0 Å². The molecule has 0 aliphatic carbocycles. The summed E-state index contributed by atoms with van der Waals surface area (Å²) >= 11 is 1.33. The second-order valence-electron chi connectivity index (χ2n) is 4.81. The Morgan fingerprint density at radius 1 is 1.43 bits per heavy atom. The van der Waals surface area contributed by atoms with Crippen LogP contribution in [0.5, 0.6) is 0 Å². The molecule has 21 heavy (non-hydrogen) atoms. The van der Waals surface area contributed by atoms with Crippen LogP contribution in [0.25, 0.3) is 0 Å². The minimum Gasteiger partial charge on any atom is -0.379 e. The second-order valence-corrected chi connectivity index (χ2v) is 5.75. The number of thiophene rings is 1. The van der Waals surface area contributed by atoms with E-state index in [0.717, 1.165) is 39.3 Å². The Bertz CT molecular complexity index is 484. The fraction of sp³-hybridized carbons (Fsp3) is 0.500. The average Bonchev–Trinajstić information content (AvgIpc) is 2.93. The standard InChI is InChI=1S/C14H20N3O3S/c15-14(19)11-2-9-21-12(11)10-13(18)16-3-1-4-17-5-7-20-8-6-17/h2,9-10H,1,3-8H2,(H2,15,19)(H,16,18). The van der Waals surface area contributed by atoms with Crippen molar-refractivity contribution in [3.63, 3.8) is 0 Å². The first-order valence-electron chi connectivity index (χ1n) is 6.97. The maximum Gasteiger partial charge on any atom is 0.249 e. The van der Waals surface area contributed by atoms with Crippen molar-refractivity contribution in [3.05, 3.63) is 28.3 Å². The molecule has 6 nitrogen and oxygen atoms in total. The zero-order chi connectivity index (χ0) is 15.1. The van der Waals surface area contributed by atoms with Crippen molar-refractivity contribution in [2.24, 2.45) is 5.73 Å². The Kier molecular flexibility index (Phi) is 6.16. The van der Waals surface area contributed by atoms with Gasteiger partial charge in [0.05, 0.1) is 25.2 Å². The average molecular weight is 310 g/mol. The Balaban J connectivity index is 1.65. The molecule has 2 heterocycles. The highest BCUT2D eigenvalue weighted by Gasteiger charge is 2.14. The largest absolute Gasteiger partial charge is 0.379 e. The Morgan fingerprint density at radius 3 is 2.90 bits per heavy atom. The number of nitrogens with two attached hydrogens (primary N) is 1. The quantitative estimate of drug-likeness (QED) is 0.707. The van der Waals surface area contributed by atoms with Gasteiger partial charge in [-0.15, -0.1) is 11.3 Å². The molecule has 0 atom stereocenters. The van der Waals surface area contributed by atoms with Gasteiger partial charge in [0.1, 0.15) is 0 Å². The van der Waals surface area contributed by atoms with Crippen molar-refractivity contribution in [3.8, 4) is 0 Å². The summed E-state index contributed by atoms with van der Waals surface area (Å²) < 4.78 is 5.28. The smallest absolute Gasteiger partial charge is 0.249 e. The molecule has 1 aromatic rings. The van der Waals surface area contributed by atoms with E-state index in [1.807, 2.05) is 0 Å². The SMILES string of the molecule is NC(=O)c1ccsc1[CH]C(=O)NCCCN1CCOCC1. The number of carbonyl (C=O) groups excluding carboxylic acids is 2. The van der Waals surface area contributed by atoms with Crippen molar-refractivity contribution in [2.75, 3.05) is 39.4 Å². The zero-order valence-corrected chi connectivity index (χ0v) is 12.7. The van der Waals surface area contributed by atoms with Crippen LogP contribution in [0.15, 0.2) is 11.4 Å². The molecule has 3 N–H and O–H groups in total. The summed E-state index contributed by atoms with van der Waals surface area (Å²) in [6, 6.07) is 1.63. The zero-order valence-electron chi connectivity index (χ0n) is 11.8. The monoisotopic (exact) mass is 310 g/mol. The van der Waals surface area contributed by atoms with Crippen molar-refractivity contribution >= 4 is 23.2 Å². The molecule has 1 saturated heterocycles. The molecule has 7 heteroatoms. The van der Waals surface area contributed by atoms with Gasteiger partial charge in [0.25, 0.3) is 0 Å². The van der Waals surface area contributed by atoms with Crippen LogP contribution in [0.1, 0.15) is 21.7 Å². The molecule has 0 saturated carbocycles. The molecule has 115 valence electrons. The normalized spacial score (nSPS) is 15.8. The fourth-order valence-electron chi connectivity index (χ4n) is 2.15. The molecule has 1 fully saturated rings. The summed E-state index contributed by atoms with van der Waals surface area (Å²) in [4.78, 5) is 25.9. The number of nitrogens with zero attached hydrogens (tertiary/aromatic N) is 1. The molecule has 0 aromatic carbocycles. The van der Waals surface area contributed by atoms with E-state index in [9.17, 15) is 9.59 Å². The number of rotatable bonds is 7. The van der Waals surface area contributed by atoms with Gasteiger partial charge in [-0.25, -0.2) is 0 Å². The molecule has 1 aliphatic rings. The lowest BCUT2D eigenvalue weighted by atomic mass is 10.2. The Morgan fingerprint density at radius 2 is 2.19 bits per heavy atom. The van der Waals surface area contributed by atoms with Gasteiger partial charge in [-0.2, -0.15) is 0 Å². The van der Waals surface area contributed by atoms with Crippen molar-refractivity contribution < 1.29 is 14.3 Å². The van der Waals surface area contributed by atoms with Crippen LogP contribution in [0.3, 0.4) is 0 Å². The summed E-state index contributed by atoms with van der Waals surface area (Å²) in [5.74, 6) is -0.704. The second kappa shape index (κ2) is 8.11. The minimum absolute atomic E-state index is 0.193. The van der Waals surface area contributed by atoms with E-state index in [0.29, 0.717) is 17.0 Å². The summed E-state index contributed by atoms with van der Waals surface area (Å²) in [6.45, 7) is 5.05. The summed E-state index contributed by atoms with van der Waals surface area (Å²) in [5, 5.41) is 4.58. The van der Waals surface area contributed by atoms with Crippen molar-refractivity contribution in [2.45, 2.75) is 6.42 Å². The van der Waals surface area contributed by atoms with Gasteiger partial charge in [0, 0.05) is 24.5 Å². The Hall–Kier alpha value is -1.44. The highest BCUT2D eigenvalue weighted by atomic mass is 32.1. The van der Waals surface area contributed by atoms with Gasteiger partial charge in [0.2, 0.25) is 11.8 Å². The number of hydrogen-bond acceptors (Lipinski definition) is 5. The molecule has 0 spiro atoms. The summed E-state index contributed by atoms with van der Waals surface area (Å²) in [6.07, 6.45) is 2.33. The fourth-order valence-corrected chi connectivity index (χ4v) is 2.97. The van der Waals surface area contributed by atoms with Crippen LogP contribution < -0.4 is 11.1 Å². The van der Waals surface area contributed by atoms with Gasteiger partial charge < -0.3 is 15.8 Å². The first-order valence-corrected chi connectivity index (χ1v) is 7.85. The van der Waals surface area contributed by atoms with Crippen LogP contribution in [-0.4, -0.2) is 56.1 Å².